The number of hydrogen-bond acceptors (Lipinski definition) is 5. The Kier molecular flexibility index (Phi) is 8.37. The quantitative estimate of drug-likeness (QED) is 0.246. The van der Waals surface area contributed by atoms with Crippen molar-refractivity contribution in [2.75, 3.05) is 12.3 Å². The Labute approximate surface area is 192 Å². The van der Waals surface area contributed by atoms with Gasteiger partial charge in [0.15, 0.2) is 15.6 Å². The highest BCUT2D eigenvalue weighted by Crippen LogP contribution is 2.33. The first-order valence-corrected chi connectivity index (χ1v) is 12.0. The first-order chi connectivity index (χ1) is 14.5. The Hall–Kier alpha value is -2.25. The summed E-state index contributed by atoms with van der Waals surface area (Å²) in [5.41, 5.74) is 8.51. The van der Waals surface area contributed by atoms with Gasteiger partial charge in [-0.1, -0.05) is 48.8 Å². The van der Waals surface area contributed by atoms with E-state index in [0.717, 1.165) is 5.56 Å². The van der Waals surface area contributed by atoms with E-state index < -0.39 is 15.6 Å². The van der Waals surface area contributed by atoms with E-state index in [1.807, 2.05) is 0 Å². The third-order valence-corrected chi connectivity index (χ3v) is 7.02. The molecule has 2 N–H and O–H groups in total. The second-order valence-corrected chi connectivity index (χ2v) is 10.2. The van der Waals surface area contributed by atoms with Crippen molar-refractivity contribution in [2.24, 2.45) is 5.73 Å². The van der Waals surface area contributed by atoms with Crippen LogP contribution in [0.25, 0.3) is 5.57 Å². The molecule has 5 nitrogen and oxygen atoms in total. The van der Waals surface area contributed by atoms with Crippen LogP contribution in [0.2, 0.25) is 10.0 Å². The maximum absolute atomic E-state index is 13.4. The van der Waals surface area contributed by atoms with Crippen LogP contribution < -0.4 is 5.73 Å². The predicted molar refractivity (Wildman–Crippen MR) is 126 cm³/mol. The first kappa shape index (κ1) is 25.0. The first-order valence-electron chi connectivity index (χ1n) is 9.42. The number of allylic oxidation sites excluding steroid dienone is 1. The van der Waals surface area contributed by atoms with E-state index in [2.05, 4.69) is 6.58 Å². The molecule has 0 spiro atoms. The van der Waals surface area contributed by atoms with Crippen LogP contribution in [0, 0.1) is 6.92 Å². The Morgan fingerprint density at radius 3 is 2.26 bits per heavy atom. The molecule has 0 saturated heterocycles. The molecule has 0 atom stereocenters. The van der Waals surface area contributed by atoms with Crippen LogP contribution in [-0.4, -0.2) is 32.8 Å². The zero-order valence-corrected chi connectivity index (χ0v) is 19.6. The van der Waals surface area contributed by atoms with E-state index >= 15 is 0 Å². The number of benzene rings is 2. The minimum Gasteiger partial charge on any atom is -0.326 e. The summed E-state index contributed by atoms with van der Waals surface area (Å²) in [5, 5.41) is 0.401. The van der Waals surface area contributed by atoms with Crippen molar-refractivity contribution in [3.8, 4) is 0 Å². The largest absolute Gasteiger partial charge is 0.326 e. The second kappa shape index (κ2) is 10.4. The third-order valence-electron chi connectivity index (χ3n) is 4.77. The van der Waals surface area contributed by atoms with Crippen molar-refractivity contribution < 1.29 is 18.0 Å². The average Bonchev–Trinajstić information content (AvgIpc) is 2.70. The minimum atomic E-state index is -3.31. The molecule has 0 fully saturated rings. The molecule has 0 heterocycles. The minimum absolute atomic E-state index is 0.00866. The number of ketones is 1. The molecule has 2 rings (SSSR count). The molecule has 0 aliphatic heterocycles. The molecule has 0 aliphatic rings. The van der Waals surface area contributed by atoms with Crippen LogP contribution in [-0.2, 0) is 20.4 Å². The van der Waals surface area contributed by atoms with Crippen molar-refractivity contribution >= 4 is 50.7 Å². The maximum atomic E-state index is 13.4. The van der Waals surface area contributed by atoms with Gasteiger partial charge < -0.3 is 5.73 Å². The van der Waals surface area contributed by atoms with Gasteiger partial charge in [-0.05, 0) is 59.0 Å². The molecule has 2 aromatic carbocycles. The van der Waals surface area contributed by atoms with Gasteiger partial charge in [0.25, 0.3) is 0 Å². The number of halogens is 2. The van der Waals surface area contributed by atoms with E-state index in [-0.39, 0.29) is 39.2 Å². The highest BCUT2D eigenvalue weighted by Gasteiger charge is 2.23. The molecule has 164 valence electrons. The van der Waals surface area contributed by atoms with Crippen LogP contribution in [0.15, 0.2) is 48.6 Å². The maximum Gasteiger partial charge on any atom is 0.196 e. The van der Waals surface area contributed by atoms with Crippen molar-refractivity contribution in [1.29, 1.82) is 0 Å². The van der Waals surface area contributed by atoms with E-state index in [0.29, 0.717) is 28.6 Å². The Balaban J connectivity index is 2.72. The van der Waals surface area contributed by atoms with Gasteiger partial charge in [0, 0.05) is 17.9 Å². The molecule has 0 bridgehead atoms. The summed E-state index contributed by atoms with van der Waals surface area (Å²) < 4.78 is 24.2. The van der Waals surface area contributed by atoms with Gasteiger partial charge in [-0.15, -0.1) is 0 Å². The smallest absolute Gasteiger partial charge is 0.196 e. The van der Waals surface area contributed by atoms with Gasteiger partial charge in [-0.3, -0.25) is 9.59 Å². The van der Waals surface area contributed by atoms with Crippen molar-refractivity contribution in [3.63, 3.8) is 0 Å². The topological polar surface area (TPSA) is 94.3 Å². The normalized spacial score (nSPS) is 12.0. The fourth-order valence-corrected chi connectivity index (χ4v) is 4.74. The summed E-state index contributed by atoms with van der Waals surface area (Å²) in [6.45, 7) is 7.37. The lowest BCUT2D eigenvalue weighted by atomic mass is 9.89. The number of nitrogens with two attached hydrogens (primary N) is 1. The van der Waals surface area contributed by atoms with Crippen molar-refractivity contribution in [2.45, 2.75) is 19.6 Å². The SMILES string of the molecule is C=C(/C(=C\C=O)CN)c1cc(CS(=O)(=O)CC)ccc1C(=O)c1c(Cl)cc(C)cc1Cl. The molecule has 0 saturated carbocycles. The van der Waals surface area contributed by atoms with Gasteiger partial charge in [-0.25, -0.2) is 8.42 Å². The molecule has 0 amide bonds. The summed E-state index contributed by atoms with van der Waals surface area (Å²) in [5.74, 6) is -0.657. The lowest BCUT2D eigenvalue weighted by molar-refractivity contribution is -0.104. The summed E-state index contributed by atoms with van der Waals surface area (Å²) in [6.07, 6.45) is 1.84. The molecule has 0 radical (unpaired) electrons. The van der Waals surface area contributed by atoms with Crippen LogP contribution in [0.5, 0.6) is 0 Å². The third kappa shape index (κ3) is 5.92. The lowest BCUT2D eigenvalue weighted by Crippen LogP contribution is -2.12. The lowest BCUT2D eigenvalue weighted by Gasteiger charge is -2.16. The second-order valence-electron chi connectivity index (χ2n) is 7.00. The zero-order valence-electron chi connectivity index (χ0n) is 17.2. The monoisotopic (exact) mass is 479 g/mol. The van der Waals surface area contributed by atoms with Crippen LogP contribution in [0.3, 0.4) is 0 Å². The molecule has 0 unspecified atom stereocenters. The molecule has 8 heteroatoms. The number of rotatable bonds is 9. The number of aldehydes is 1. The number of hydrogen-bond donors (Lipinski definition) is 1. The van der Waals surface area contributed by atoms with Crippen molar-refractivity contribution in [1.82, 2.24) is 0 Å². The van der Waals surface area contributed by atoms with Gasteiger partial charge in [0.2, 0.25) is 0 Å². The Bertz CT molecular complexity index is 1160. The molecule has 0 aliphatic carbocycles. The van der Waals surface area contributed by atoms with Crippen LogP contribution >= 0.6 is 23.2 Å². The highest BCUT2D eigenvalue weighted by atomic mass is 35.5. The zero-order chi connectivity index (χ0) is 23.3. The number of carbonyl (C=O) groups is 2. The average molecular weight is 480 g/mol. The van der Waals surface area contributed by atoms with Crippen molar-refractivity contribution in [3.05, 3.63) is 86.4 Å². The van der Waals surface area contributed by atoms with Gasteiger partial charge in [-0.2, -0.15) is 0 Å². The van der Waals surface area contributed by atoms with Gasteiger partial charge in [0.05, 0.1) is 21.4 Å². The molecular formula is C23H23Cl2NO4S. The fourth-order valence-electron chi connectivity index (χ4n) is 3.08. The van der Waals surface area contributed by atoms with E-state index in [4.69, 9.17) is 28.9 Å². The number of carbonyl (C=O) groups excluding carboxylic acids is 2. The fraction of sp³-hybridized carbons (Fsp3) is 0.217. The summed E-state index contributed by atoms with van der Waals surface area (Å²) in [4.78, 5) is 24.4. The summed E-state index contributed by atoms with van der Waals surface area (Å²) in [6, 6.07) is 7.93. The molecule has 0 aromatic heterocycles. The molecular weight excluding hydrogens is 457 g/mol. The van der Waals surface area contributed by atoms with E-state index in [1.54, 1.807) is 38.1 Å². The van der Waals surface area contributed by atoms with E-state index in [1.165, 1.54) is 12.1 Å². The standard InChI is InChI=1S/C23H23Cl2NO4S/c1-4-31(29,30)13-16-5-6-18(19(11-16)15(3)17(12-26)7-8-27)23(28)22-20(24)9-14(2)10-21(22)25/h5-11H,3-4,12-13,26H2,1-2H3/b17-7-. The van der Waals surface area contributed by atoms with Crippen LogP contribution in [0.4, 0.5) is 0 Å². The summed E-state index contributed by atoms with van der Waals surface area (Å²) >= 11 is 12.6. The van der Waals surface area contributed by atoms with E-state index in [9.17, 15) is 18.0 Å². The predicted octanol–water partition coefficient (Wildman–Crippen LogP) is 4.56. The Morgan fingerprint density at radius 1 is 1.13 bits per heavy atom. The van der Waals surface area contributed by atoms with Crippen LogP contribution in [0.1, 0.15) is 39.5 Å². The number of sulfone groups is 1. The Morgan fingerprint density at radius 2 is 1.74 bits per heavy atom. The highest BCUT2D eigenvalue weighted by molar-refractivity contribution is 7.90. The van der Waals surface area contributed by atoms with Gasteiger partial charge in [0.1, 0.15) is 6.29 Å². The summed E-state index contributed by atoms with van der Waals surface area (Å²) in [7, 11) is -3.31. The molecule has 2 aromatic rings. The van der Waals surface area contributed by atoms with Gasteiger partial charge >= 0.3 is 0 Å². The molecule has 31 heavy (non-hydrogen) atoms. The number of aryl methyl sites for hydroxylation is 1.